The highest BCUT2D eigenvalue weighted by Crippen LogP contribution is 2.27. The second-order valence-electron chi connectivity index (χ2n) is 3.60. The van der Waals surface area contributed by atoms with E-state index in [0.717, 1.165) is 31.0 Å². The second-order valence-corrected chi connectivity index (χ2v) is 3.60. The molecule has 0 fully saturated rings. The number of halogens is 1. The van der Waals surface area contributed by atoms with Crippen molar-refractivity contribution >= 4 is 12.4 Å². The smallest absolute Gasteiger partial charge is 0.161 e. The van der Waals surface area contributed by atoms with Crippen LogP contribution < -0.4 is 14.8 Å². The van der Waals surface area contributed by atoms with Crippen molar-refractivity contribution in [1.29, 1.82) is 0 Å². The molecule has 0 amide bonds. The molecule has 0 unspecified atom stereocenters. The van der Waals surface area contributed by atoms with Gasteiger partial charge in [-0.05, 0) is 37.6 Å². The van der Waals surface area contributed by atoms with Gasteiger partial charge in [-0.25, -0.2) is 0 Å². The summed E-state index contributed by atoms with van der Waals surface area (Å²) >= 11 is 0. The lowest BCUT2D eigenvalue weighted by atomic mass is 10.2. The predicted molar refractivity (Wildman–Crippen MR) is 73.4 cm³/mol. The Balaban J connectivity index is 0.00000256. The molecule has 98 valence electrons. The minimum Gasteiger partial charge on any atom is -0.493 e. The molecule has 1 rings (SSSR count). The standard InChI is InChI=1S/C13H21NO2.ClH/c1-4-8-14-10-11-6-7-12(15-3)13(9-11)16-5-2;/h6-7,9,14H,4-5,8,10H2,1-3H3;1H. The van der Waals surface area contributed by atoms with Crippen LogP contribution in [0.2, 0.25) is 0 Å². The highest BCUT2D eigenvalue weighted by molar-refractivity contribution is 5.85. The molecule has 0 heterocycles. The first kappa shape index (κ1) is 16.1. The lowest BCUT2D eigenvalue weighted by Crippen LogP contribution is -2.13. The van der Waals surface area contributed by atoms with Gasteiger partial charge in [0.15, 0.2) is 11.5 Å². The molecule has 0 bridgehead atoms. The average Bonchev–Trinajstić information content (AvgIpc) is 2.30. The summed E-state index contributed by atoms with van der Waals surface area (Å²) in [5, 5.41) is 3.36. The van der Waals surface area contributed by atoms with Gasteiger partial charge in [-0.2, -0.15) is 0 Å². The third-order valence-electron chi connectivity index (χ3n) is 2.28. The molecule has 1 aromatic carbocycles. The van der Waals surface area contributed by atoms with Crippen LogP contribution in [0.5, 0.6) is 11.5 Å². The van der Waals surface area contributed by atoms with Gasteiger partial charge in [-0.15, -0.1) is 12.4 Å². The van der Waals surface area contributed by atoms with Crippen LogP contribution in [-0.4, -0.2) is 20.3 Å². The van der Waals surface area contributed by atoms with E-state index < -0.39 is 0 Å². The van der Waals surface area contributed by atoms with Crippen LogP contribution in [0.15, 0.2) is 18.2 Å². The highest BCUT2D eigenvalue weighted by Gasteiger charge is 2.04. The molecule has 0 saturated heterocycles. The third-order valence-corrected chi connectivity index (χ3v) is 2.28. The largest absolute Gasteiger partial charge is 0.493 e. The van der Waals surface area contributed by atoms with E-state index in [2.05, 4.69) is 18.3 Å². The highest BCUT2D eigenvalue weighted by atomic mass is 35.5. The molecular weight excluding hydrogens is 238 g/mol. The monoisotopic (exact) mass is 259 g/mol. The van der Waals surface area contributed by atoms with E-state index in [9.17, 15) is 0 Å². The van der Waals surface area contributed by atoms with Gasteiger partial charge in [0.1, 0.15) is 0 Å². The van der Waals surface area contributed by atoms with Gasteiger partial charge in [-0.1, -0.05) is 13.0 Å². The van der Waals surface area contributed by atoms with E-state index in [1.165, 1.54) is 5.56 Å². The first-order chi connectivity index (χ1) is 7.81. The van der Waals surface area contributed by atoms with Gasteiger partial charge in [-0.3, -0.25) is 0 Å². The number of ether oxygens (including phenoxy) is 2. The fourth-order valence-electron chi connectivity index (χ4n) is 1.51. The van der Waals surface area contributed by atoms with Gasteiger partial charge in [0.25, 0.3) is 0 Å². The van der Waals surface area contributed by atoms with Crippen molar-refractivity contribution in [3.8, 4) is 11.5 Å². The lowest BCUT2D eigenvalue weighted by Gasteiger charge is -2.11. The first-order valence-electron chi connectivity index (χ1n) is 5.82. The minimum absolute atomic E-state index is 0. The van der Waals surface area contributed by atoms with Crippen molar-refractivity contribution < 1.29 is 9.47 Å². The summed E-state index contributed by atoms with van der Waals surface area (Å²) in [5.41, 5.74) is 1.22. The zero-order chi connectivity index (χ0) is 11.8. The van der Waals surface area contributed by atoms with Crippen molar-refractivity contribution in [2.45, 2.75) is 26.8 Å². The Morgan fingerprint density at radius 2 is 1.94 bits per heavy atom. The zero-order valence-corrected chi connectivity index (χ0v) is 11.6. The van der Waals surface area contributed by atoms with Crippen LogP contribution in [0.3, 0.4) is 0 Å². The van der Waals surface area contributed by atoms with Crippen LogP contribution >= 0.6 is 12.4 Å². The number of benzene rings is 1. The van der Waals surface area contributed by atoms with Gasteiger partial charge in [0, 0.05) is 6.54 Å². The van der Waals surface area contributed by atoms with E-state index in [1.54, 1.807) is 7.11 Å². The normalized spacial score (nSPS) is 9.59. The van der Waals surface area contributed by atoms with Gasteiger partial charge in [0.05, 0.1) is 13.7 Å². The van der Waals surface area contributed by atoms with Crippen molar-refractivity contribution in [2.75, 3.05) is 20.3 Å². The molecule has 0 spiro atoms. The SMILES string of the molecule is CCCNCc1ccc(OC)c(OCC)c1.Cl. The summed E-state index contributed by atoms with van der Waals surface area (Å²) in [6.07, 6.45) is 1.15. The Morgan fingerprint density at radius 3 is 2.53 bits per heavy atom. The van der Waals surface area contributed by atoms with Crippen molar-refractivity contribution in [1.82, 2.24) is 5.32 Å². The fourth-order valence-corrected chi connectivity index (χ4v) is 1.51. The summed E-state index contributed by atoms with van der Waals surface area (Å²) in [6.45, 7) is 6.70. The molecule has 0 atom stereocenters. The maximum atomic E-state index is 5.52. The van der Waals surface area contributed by atoms with Crippen LogP contribution in [0.1, 0.15) is 25.8 Å². The number of nitrogens with one attached hydrogen (secondary N) is 1. The summed E-state index contributed by atoms with van der Waals surface area (Å²) < 4.78 is 10.8. The summed E-state index contributed by atoms with van der Waals surface area (Å²) in [6, 6.07) is 6.04. The van der Waals surface area contributed by atoms with E-state index in [-0.39, 0.29) is 12.4 Å². The van der Waals surface area contributed by atoms with Gasteiger partial charge in [0.2, 0.25) is 0 Å². The number of rotatable bonds is 7. The molecule has 0 aliphatic rings. The topological polar surface area (TPSA) is 30.5 Å². The number of hydrogen-bond acceptors (Lipinski definition) is 3. The second kappa shape index (κ2) is 9.14. The molecule has 4 heteroatoms. The quantitative estimate of drug-likeness (QED) is 0.764. The van der Waals surface area contributed by atoms with E-state index in [4.69, 9.17) is 9.47 Å². The predicted octanol–water partition coefficient (Wildman–Crippen LogP) is 3.02. The Morgan fingerprint density at radius 1 is 1.18 bits per heavy atom. The van der Waals surface area contributed by atoms with Crippen LogP contribution in [0.4, 0.5) is 0 Å². The average molecular weight is 260 g/mol. The van der Waals surface area contributed by atoms with Crippen molar-refractivity contribution in [2.24, 2.45) is 0 Å². The molecule has 0 aliphatic carbocycles. The molecule has 0 aliphatic heterocycles. The van der Waals surface area contributed by atoms with Crippen LogP contribution in [-0.2, 0) is 6.54 Å². The molecule has 1 N–H and O–H groups in total. The lowest BCUT2D eigenvalue weighted by molar-refractivity contribution is 0.310. The maximum absolute atomic E-state index is 5.52. The molecule has 1 aromatic rings. The van der Waals surface area contributed by atoms with E-state index >= 15 is 0 Å². The van der Waals surface area contributed by atoms with Crippen LogP contribution in [0.25, 0.3) is 0 Å². The zero-order valence-electron chi connectivity index (χ0n) is 10.8. The molecule has 0 radical (unpaired) electrons. The summed E-state index contributed by atoms with van der Waals surface area (Å²) in [4.78, 5) is 0. The Kier molecular flexibility index (Phi) is 8.64. The molecular formula is C13H22ClNO2. The van der Waals surface area contributed by atoms with E-state index in [1.807, 2.05) is 19.1 Å². The molecule has 0 aromatic heterocycles. The Labute approximate surface area is 110 Å². The molecule has 3 nitrogen and oxygen atoms in total. The first-order valence-corrected chi connectivity index (χ1v) is 5.82. The molecule has 17 heavy (non-hydrogen) atoms. The van der Waals surface area contributed by atoms with Gasteiger partial charge < -0.3 is 14.8 Å². The number of methoxy groups -OCH3 is 1. The number of hydrogen-bond donors (Lipinski definition) is 1. The van der Waals surface area contributed by atoms with E-state index in [0.29, 0.717) is 6.61 Å². The Bertz CT molecular complexity index is 318. The van der Waals surface area contributed by atoms with Crippen molar-refractivity contribution in [3.63, 3.8) is 0 Å². The Hall–Kier alpha value is -0.930. The third kappa shape index (κ3) is 5.29. The van der Waals surface area contributed by atoms with Crippen molar-refractivity contribution in [3.05, 3.63) is 23.8 Å². The maximum Gasteiger partial charge on any atom is 0.161 e. The fraction of sp³-hybridized carbons (Fsp3) is 0.538. The van der Waals surface area contributed by atoms with Crippen LogP contribution in [0, 0.1) is 0 Å². The van der Waals surface area contributed by atoms with Gasteiger partial charge >= 0.3 is 0 Å². The molecule has 0 saturated carbocycles. The minimum atomic E-state index is 0. The summed E-state index contributed by atoms with van der Waals surface area (Å²) in [5.74, 6) is 1.61. The summed E-state index contributed by atoms with van der Waals surface area (Å²) in [7, 11) is 1.66.